The smallest absolute Gasteiger partial charge is 0.339 e. The molecule has 0 aliphatic heterocycles. The van der Waals surface area contributed by atoms with Gasteiger partial charge in [-0.15, -0.1) is 0 Å². The summed E-state index contributed by atoms with van der Waals surface area (Å²) in [5.74, 6) is 6.13. The van der Waals surface area contributed by atoms with Crippen LogP contribution in [-0.4, -0.2) is 20.2 Å². The van der Waals surface area contributed by atoms with Crippen molar-refractivity contribution in [2.45, 2.75) is 0 Å². The van der Waals surface area contributed by atoms with Crippen molar-refractivity contribution in [2.75, 3.05) is 14.2 Å². The van der Waals surface area contributed by atoms with Crippen molar-refractivity contribution >= 4 is 5.97 Å². The summed E-state index contributed by atoms with van der Waals surface area (Å²) in [7, 11) is 2.89. The predicted octanol–water partition coefficient (Wildman–Crippen LogP) is 2.88. The Morgan fingerprint density at radius 2 is 1.70 bits per heavy atom. The molecule has 0 saturated heterocycles. The maximum atomic E-state index is 11.8. The molecule has 0 saturated carbocycles. The fraction of sp³-hybridized carbons (Fsp3) is 0.118. The summed E-state index contributed by atoms with van der Waals surface area (Å²) in [6.45, 7) is 0. The van der Waals surface area contributed by atoms with Crippen LogP contribution in [0.3, 0.4) is 0 Å². The lowest BCUT2D eigenvalue weighted by Crippen LogP contribution is -2.05. The van der Waals surface area contributed by atoms with Crippen molar-refractivity contribution in [3.05, 3.63) is 65.2 Å². The Hall–Kier alpha value is -2.73. The van der Waals surface area contributed by atoms with Crippen molar-refractivity contribution < 1.29 is 14.3 Å². The normalized spacial score (nSPS) is 9.30. The van der Waals surface area contributed by atoms with E-state index in [0.29, 0.717) is 16.9 Å². The Morgan fingerprint density at radius 1 is 0.950 bits per heavy atom. The summed E-state index contributed by atoms with van der Waals surface area (Å²) in [5, 5.41) is 0. The van der Waals surface area contributed by atoms with Crippen LogP contribution in [0.15, 0.2) is 48.5 Å². The van der Waals surface area contributed by atoms with Crippen LogP contribution in [0.5, 0.6) is 5.75 Å². The first-order chi connectivity index (χ1) is 9.76. The van der Waals surface area contributed by atoms with Crippen LogP contribution in [0.2, 0.25) is 0 Å². The second kappa shape index (κ2) is 6.44. The fourth-order valence-corrected chi connectivity index (χ4v) is 1.77. The SMILES string of the molecule is COC(=O)c1cccc(OC)c1C#Cc1ccccc1. The number of rotatable bonds is 2. The van der Waals surface area contributed by atoms with Gasteiger partial charge in [0, 0.05) is 5.56 Å². The van der Waals surface area contributed by atoms with Crippen molar-refractivity contribution in [3.8, 4) is 17.6 Å². The van der Waals surface area contributed by atoms with Crippen molar-refractivity contribution in [1.82, 2.24) is 0 Å². The number of hydrogen-bond donors (Lipinski definition) is 0. The van der Waals surface area contributed by atoms with Crippen LogP contribution in [-0.2, 0) is 4.74 Å². The van der Waals surface area contributed by atoms with Gasteiger partial charge in [0.15, 0.2) is 0 Å². The molecule has 100 valence electrons. The molecule has 0 heterocycles. The van der Waals surface area contributed by atoms with Gasteiger partial charge < -0.3 is 9.47 Å². The number of hydrogen-bond acceptors (Lipinski definition) is 3. The molecule has 0 atom stereocenters. The molecule has 0 radical (unpaired) electrons. The van der Waals surface area contributed by atoms with Crippen LogP contribution >= 0.6 is 0 Å². The number of ether oxygens (including phenoxy) is 2. The van der Waals surface area contributed by atoms with E-state index in [4.69, 9.17) is 9.47 Å². The van der Waals surface area contributed by atoms with E-state index >= 15 is 0 Å². The zero-order valence-corrected chi connectivity index (χ0v) is 11.3. The summed E-state index contributed by atoms with van der Waals surface area (Å²) in [4.78, 5) is 11.8. The maximum absolute atomic E-state index is 11.8. The maximum Gasteiger partial charge on any atom is 0.339 e. The standard InChI is InChI=1S/C17H14O3/c1-19-16-10-6-9-15(17(18)20-2)14(16)12-11-13-7-4-3-5-8-13/h3-10H,1-2H3. The highest BCUT2D eigenvalue weighted by molar-refractivity contribution is 5.93. The van der Waals surface area contributed by atoms with Crippen LogP contribution in [0, 0.1) is 11.8 Å². The molecule has 0 unspecified atom stereocenters. The summed E-state index contributed by atoms with van der Waals surface area (Å²) in [5.41, 5.74) is 1.80. The minimum atomic E-state index is -0.429. The first kappa shape index (κ1) is 13.7. The van der Waals surface area contributed by atoms with E-state index in [2.05, 4.69) is 11.8 Å². The molecule has 20 heavy (non-hydrogen) atoms. The molecular weight excluding hydrogens is 252 g/mol. The molecule has 0 spiro atoms. The molecule has 0 aliphatic carbocycles. The van der Waals surface area contributed by atoms with E-state index in [0.717, 1.165) is 5.56 Å². The molecule has 0 amide bonds. The Balaban J connectivity index is 2.50. The molecule has 0 fully saturated rings. The van der Waals surface area contributed by atoms with Crippen LogP contribution in [0.25, 0.3) is 0 Å². The largest absolute Gasteiger partial charge is 0.495 e. The highest BCUT2D eigenvalue weighted by Gasteiger charge is 2.14. The number of esters is 1. The molecule has 0 bridgehead atoms. The summed E-state index contributed by atoms with van der Waals surface area (Å²) >= 11 is 0. The third kappa shape index (κ3) is 2.99. The predicted molar refractivity (Wildman–Crippen MR) is 76.8 cm³/mol. The minimum absolute atomic E-state index is 0.398. The summed E-state index contributed by atoms with van der Waals surface area (Å²) in [6, 6.07) is 14.7. The Morgan fingerprint density at radius 3 is 2.35 bits per heavy atom. The quantitative estimate of drug-likeness (QED) is 0.619. The van der Waals surface area contributed by atoms with Gasteiger partial charge in [0.2, 0.25) is 0 Å². The zero-order valence-electron chi connectivity index (χ0n) is 11.3. The molecule has 2 aromatic carbocycles. The first-order valence-corrected chi connectivity index (χ1v) is 6.08. The third-order valence-corrected chi connectivity index (χ3v) is 2.76. The lowest BCUT2D eigenvalue weighted by Gasteiger charge is -2.07. The van der Waals surface area contributed by atoms with E-state index in [1.807, 2.05) is 30.3 Å². The number of benzene rings is 2. The summed E-state index contributed by atoms with van der Waals surface area (Å²) < 4.78 is 10.0. The van der Waals surface area contributed by atoms with Gasteiger partial charge in [-0.05, 0) is 24.3 Å². The van der Waals surface area contributed by atoms with Crippen molar-refractivity contribution in [1.29, 1.82) is 0 Å². The molecular formula is C17H14O3. The molecule has 2 aromatic rings. The van der Waals surface area contributed by atoms with Gasteiger partial charge >= 0.3 is 5.97 Å². The molecule has 0 aliphatic rings. The highest BCUT2D eigenvalue weighted by Crippen LogP contribution is 2.22. The number of methoxy groups -OCH3 is 2. The average molecular weight is 266 g/mol. The van der Waals surface area contributed by atoms with E-state index in [1.165, 1.54) is 7.11 Å². The number of carbonyl (C=O) groups is 1. The highest BCUT2D eigenvalue weighted by atomic mass is 16.5. The van der Waals surface area contributed by atoms with Gasteiger partial charge in [-0.25, -0.2) is 4.79 Å². The minimum Gasteiger partial charge on any atom is -0.495 e. The Kier molecular flexibility index (Phi) is 4.41. The van der Waals surface area contributed by atoms with Crippen LogP contribution < -0.4 is 4.74 Å². The van der Waals surface area contributed by atoms with Crippen LogP contribution in [0.4, 0.5) is 0 Å². The zero-order chi connectivity index (χ0) is 14.4. The molecule has 3 nitrogen and oxygen atoms in total. The lowest BCUT2D eigenvalue weighted by atomic mass is 10.1. The fourth-order valence-electron chi connectivity index (χ4n) is 1.77. The Labute approximate surface area is 118 Å². The van der Waals surface area contributed by atoms with E-state index < -0.39 is 5.97 Å². The van der Waals surface area contributed by atoms with E-state index in [-0.39, 0.29) is 0 Å². The van der Waals surface area contributed by atoms with Crippen molar-refractivity contribution in [3.63, 3.8) is 0 Å². The second-order valence-electron chi connectivity index (χ2n) is 3.99. The first-order valence-electron chi connectivity index (χ1n) is 6.08. The third-order valence-electron chi connectivity index (χ3n) is 2.76. The van der Waals surface area contributed by atoms with Gasteiger partial charge in [0.05, 0.1) is 25.3 Å². The van der Waals surface area contributed by atoms with E-state index in [1.54, 1.807) is 25.3 Å². The second-order valence-corrected chi connectivity index (χ2v) is 3.99. The topological polar surface area (TPSA) is 35.5 Å². The lowest BCUT2D eigenvalue weighted by molar-refractivity contribution is 0.0600. The molecule has 2 rings (SSSR count). The van der Waals surface area contributed by atoms with Gasteiger partial charge in [-0.1, -0.05) is 36.1 Å². The van der Waals surface area contributed by atoms with Crippen LogP contribution in [0.1, 0.15) is 21.5 Å². The molecule has 3 heteroatoms. The molecule has 0 aromatic heterocycles. The van der Waals surface area contributed by atoms with Gasteiger partial charge in [-0.3, -0.25) is 0 Å². The molecule has 0 N–H and O–H groups in total. The summed E-state index contributed by atoms with van der Waals surface area (Å²) in [6.07, 6.45) is 0. The Bertz CT molecular complexity index is 664. The van der Waals surface area contributed by atoms with Gasteiger partial charge in [0.25, 0.3) is 0 Å². The monoisotopic (exact) mass is 266 g/mol. The van der Waals surface area contributed by atoms with E-state index in [9.17, 15) is 4.79 Å². The van der Waals surface area contributed by atoms with Crippen molar-refractivity contribution in [2.24, 2.45) is 0 Å². The van der Waals surface area contributed by atoms with Gasteiger partial charge in [-0.2, -0.15) is 0 Å². The van der Waals surface area contributed by atoms with Gasteiger partial charge in [0.1, 0.15) is 5.75 Å². The number of carbonyl (C=O) groups excluding carboxylic acids is 1. The average Bonchev–Trinajstić information content (AvgIpc) is 2.52.